The number of rotatable bonds is 1. The minimum Gasteiger partial charge on any atom is -0.488 e. The number of hydrogen-bond acceptors (Lipinski definition) is 3. The highest BCUT2D eigenvalue weighted by molar-refractivity contribution is 5.86. The molecular weight excluding hydrogens is 274 g/mol. The van der Waals surface area contributed by atoms with Crippen LogP contribution in [0.15, 0.2) is 36.4 Å². The molecule has 2 aliphatic rings. The van der Waals surface area contributed by atoms with E-state index in [1.807, 2.05) is 0 Å². The van der Waals surface area contributed by atoms with Crippen LogP contribution < -0.4 is 9.47 Å². The van der Waals surface area contributed by atoms with Crippen LogP contribution >= 0.6 is 0 Å². The van der Waals surface area contributed by atoms with E-state index in [-0.39, 0.29) is 0 Å². The largest absolute Gasteiger partial charge is 0.488 e. The van der Waals surface area contributed by atoms with Gasteiger partial charge in [0.05, 0.1) is 5.56 Å². The predicted molar refractivity (Wildman–Crippen MR) is 87.9 cm³/mol. The highest BCUT2D eigenvalue weighted by Crippen LogP contribution is 2.40. The molecule has 0 unspecified atom stereocenters. The molecule has 0 saturated heterocycles. The molecule has 3 heteroatoms. The molecule has 2 heterocycles. The van der Waals surface area contributed by atoms with Gasteiger partial charge in [0.15, 0.2) is 0 Å². The summed E-state index contributed by atoms with van der Waals surface area (Å²) in [6, 6.07) is 12.7. The van der Waals surface area contributed by atoms with E-state index in [1.54, 1.807) is 0 Å². The molecule has 4 rings (SSSR count). The van der Waals surface area contributed by atoms with E-state index < -0.39 is 0 Å². The Morgan fingerprint density at radius 3 is 2.64 bits per heavy atom. The van der Waals surface area contributed by atoms with E-state index >= 15 is 0 Å². The van der Waals surface area contributed by atoms with Gasteiger partial charge in [-0.05, 0) is 43.3 Å². The maximum atomic E-state index is 6.09. The van der Waals surface area contributed by atoms with Gasteiger partial charge in [0.2, 0.25) is 0 Å². The summed E-state index contributed by atoms with van der Waals surface area (Å²) in [4.78, 5) is 2.14. The van der Waals surface area contributed by atoms with Gasteiger partial charge in [0.1, 0.15) is 24.8 Å². The molecule has 0 fully saturated rings. The highest BCUT2D eigenvalue weighted by Gasteiger charge is 2.23. The standard InChI is InChI=1S/C19H19NO2/c1-13-3-5-14(6-4-13)16-9-15-7-8-18-17(19(15)21-11-16)10-20(2)12-22-18/h3-9H,10-12H2,1-2H3. The van der Waals surface area contributed by atoms with Gasteiger partial charge in [-0.1, -0.05) is 29.8 Å². The van der Waals surface area contributed by atoms with E-state index in [4.69, 9.17) is 9.47 Å². The Bertz CT molecular complexity index is 747. The molecule has 0 amide bonds. The Labute approximate surface area is 130 Å². The Balaban J connectivity index is 1.75. The zero-order valence-corrected chi connectivity index (χ0v) is 12.9. The van der Waals surface area contributed by atoms with Crippen molar-refractivity contribution in [3.63, 3.8) is 0 Å². The molecule has 0 aliphatic carbocycles. The van der Waals surface area contributed by atoms with Crippen molar-refractivity contribution in [2.75, 3.05) is 20.4 Å². The number of aryl methyl sites for hydroxylation is 1. The van der Waals surface area contributed by atoms with Gasteiger partial charge in [-0.3, -0.25) is 4.90 Å². The first kappa shape index (κ1) is 13.4. The molecule has 3 nitrogen and oxygen atoms in total. The fourth-order valence-electron chi connectivity index (χ4n) is 3.01. The summed E-state index contributed by atoms with van der Waals surface area (Å²) in [7, 11) is 2.05. The molecule has 112 valence electrons. The third kappa shape index (κ3) is 2.28. The monoisotopic (exact) mass is 293 g/mol. The summed E-state index contributed by atoms with van der Waals surface area (Å²) in [5.74, 6) is 1.92. The minimum atomic E-state index is 0.607. The van der Waals surface area contributed by atoms with Crippen molar-refractivity contribution in [3.05, 3.63) is 58.7 Å². The Kier molecular flexibility index (Phi) is 3.16. The van der Waals surface area contributed by atoms with Crippen molar-refractivity contribution in [2.45, 2.75) is 13.5 Å². The molecule has 0 saturated carbocycles. The van der Waals surface area contributed by atoms with E-state index in [2.05, 4.69) is 61.3 Å². The third-order valence-electron chi connectivity index (χ3n) is 4.24. The molecule has 0 aromatic heterocycles. The number of benzene rings is 2. The molecule has 2 aromatic rings. The lowest BCUT2D eigenvalue weighted by Gasteiger charge is -2.29. The molecule has 2 aliphatic heterocycles. The Morgan fingerprint density at radius 1 is 1.00 bits per heavy atom. The zero-order chi connectivity index (χ0) is 15.1. The molecule has 0 atom stereocenters. The summed E-state index contributed by atoms with van der Waals surface area (Å²) in [6.45, 7) is 4.21. The van der Waals surface area contributed by atoms with Crippen molar-refractivity contribution < 1.29 is 9.47 Å². The van der Waals surface area contributed by atoms with Gasteiger partial charge < -0.3 is 9.47 Å². The number of nitrogens with zero attached hydrogens (tertiary/aromatic N) is 1. The average Bonchev–Trinajstić information content (AvgIpc) is 2.55. The van der Waals surface area contributed by atoms with Crippen LogP contribution in [0.2, 0.25) is 0 Å². The first-order valence-electron chi connectivity index (χ1n) is 7.58. The summed E-state index contributed by atoms with van der Waals surface area (Å²) >= 11 is 0. The highest BCUT2D eigenvalue weighted by atomic mass is 16.5. The first-order valence-corrected chi connectivity index (χ1v) is 7.58. The van der Waals surface area contributed by atoms with Crippen LogP contribution in [0.25, 0.3) is 11.6 Å². The molecule has 0 spiro atoms. The van der Waals surface area contributed by atoms with Crippen LogP contribution in [-0.2, 0) is 6.54 Å². The van der Waals surface area contributed by atoms with Crippen molar-refractivity contribution in [1.82, 2.24) is 4.90 Å². The fraction of sp³-hybridized carbons (Fsp3) is 0.263. The molecule has 0 N–H and O–H groups in total. The predicted octanol–water partition coefficient (Wildman–Crippen LogP) is 3.71. The summed E-state index contributed by atoms with van der Waals surface area (Å²) in [5.41, 5.74) is 6.01. The van der Waals surface area contributed by atoms with Crippen molar-refractivity contribution in [1.29, 1.82) is 0 Å². The lowest BCUT2D eigenvalue weighted by atomic mass is 9.97. The van der Waals surface area contributed by atoms with Crippen molar-refractivity contribution in [2.24, 2.45) is 0 Å². The number of ether oxygens (including phenoxy) is 2. The molecule has 22 heavy (non-hydrogen) atoms. The normalized spacial score (nSPS) is 16.9. The number of fused-ring (bicyclic) bond motifs is 3. The smallest absolute Gasteiger partial charge is 0.142 e. The molecule has 0 radical (unpaired) electrons. The van der Waals surface area contributed by atoms with Crippen LogP contribution in [0.3, 0.4) is 0 Å². The van der Waals surface area contributed by atoms with Gasteiger partial charge in [-0.25, -0.2) is 0 Å². The summed E-state index contributed by atoms with van der Waals surface area (Å²) in [5, 5.41) is 0. The SMILES string of the molecule is Cc1ccc(C2=Cc3ccc4c(c3OC2)CN(C)CO4)cc1. The second kappa shape index (κ2) is 5.18. The van der Waals surface area contributed by atoms with Crippen LogP contribution in [-0.4, -0.2) is 25.3 Å². The molecule has 0 bridgehead atoms. The van der Waals surface area contributed by atoms with Crippen molar-refractivity contribution in [3.8, 4) is 11.5 Å². The maximum absolute atomic E-state index is 6.09. The van der Waals surface area contributed by atoms with E-state index in [9.17, 15) is 0 Å². The first-order chi connectivity index (χ1) is 10.7. The minimum absolute atomic E-state index is 0.607. The van der Waals surface area contributed by atoms with Gasteiger partial charge in [-0.2, -0.15) is 0 Å². The van der Waals surface area contributed by atoms with Gasteiger partial charge in [0.25, 0.3) is 0 Å². The fourth-order valence-corrected chi connectivity index (χ4v) is 3.01. The van der Waals surface area contributed by atoms with Gasteiger partial charge in [-0.15, -0.1) is 0 Å². The van der Waals surface area contributed by atoms with Crippen LogP contribution in [0.5, 0.6) is 11.5 Å². The van der Waals surface area contributed by atoms with Gasteiger partial charge in [0, 0.05) is 12.1 Å². The lowest BCUT2D eigenvalue weighted by molar-refractivity contribution is 0.119. The van der Waals surface area contributed by atoms with Crippen LogP contribution in [0.1, 0.15) is 22.3 Å². The maximum Gasteiger partial charge on any atom is 0.142 e. The van der Waals surface area contributed by atoms with Crippen LogP contribution in [0, 0.1) is 6.92 Å². The van der Waals surface area contributed by atoms with Crippen LogP contribution in [0.4, 0.5) is 0 Å². The van der Waals surface area contributed by atoms with E-state index in [0.717, 1.165) is 29.2 Å². The Hall–Kier alpha value is -2.26. The van der Waals surface area contributed by atoms with E-state index in [1.165, 1.54) is 16.7 Å². The summed E-state index contributed by atoms with van der Waals surface area (Å²) < 4.78 is 11.8. The quantitative estimate of drug-likeness (QED) is 0.800. The topological polar surface area (TPSA) is 21.7 Å². The zero-order valence-electron chi connectivity index (χ0n) is 12.9. The third-order valence-corrected chi connectivity index (χ3v) is 4.24. The second-order valence-electron chi connectivity index (χ2n) is 6.07. The molecule has 2 aromatic carbocycles. The van der Waals surface area contributed by atoms with Gasteiger partial charge >= 0.3 is 0 Å². The number of hydrogen-bond donors (Lipinski definition) is 0. The lowest BCUT2D eigenvalue weighted by Crippen LogP contribution is -2.29. The van der Waals surface area contributed by atoms with E-state index in [0.29, 0.717) is 13.3 Å². The average molecular weight is 293 g/mol. The second-order valence-corrected chi connectivity index (χ2v) is 6.07. The Morgan fingerprint density at radius 2 is 1.82 bits per heavy atom. The molecular formula is C19H19NO2. The summed E-state index contributed by atoms with van der Waals surface area (Å²) in [6.07, 6.45) is 2.23. The van der Waals surface area contributed by atoms with Crippen molar-refractivity contribution >= 4 is 11.6 Å².